The Morgan fingerprint density at radius 2 is 2.23 bits per heavy atom. The first kappa shape index (κ1) is 23.6. The minimum Gasteiger partial charge on any atom is -0.473 e. The van der Waals surface area contributed by atoms with Crippen LogP contribution in [0, 0.1) is 5.41 Å². The summed E-state index contributed by atoms with van der Waals surface area (Å²) in [6.07, 6.45) is 10.9. The number of nitrogens with one attached hydrogen (secondary N) is 4. The van der Waals surface area contributed by atoms with Crippen LogP contribution in [0.4, 0.5) is 5.95 Å². The third kappa shape index (κ3) is 8.00. The molecule has 0 radical (unpaired) electrons. The Labute approximate surface area is 182 Å². The van der Waals surface area contributed by atoms with E-state index >= 15 is 0 Å². The molecule has 0 aromatic carbocycles. The predicted molar refractivity (Wildman–Crippen MR) is 119 cm³/mol. The summed E-state index contributed by atoms with van der Waals surface area (Å²) in [5, 5.41) is 16.5. The van der Waals surface area contributed by atoms with Crippen molar-refractivity contribution >= 4 is 29.7 Å². The lowest BCUT2D eigenvalue weighted by molar-refractivity contribution is -0.117. The number of likely N-dealkylation sites (N-methyl/N-ethyl adjacent to an activating group) is 1. The second kappa shape index (κ2) is 12.1. The van der Waals surface area contributed by atoms with E-state index in [9.17, 15) is 4.79 Å². The molecule has 1 aromatic rings. The van der Waals surface area contributed by atoms with Crippen LogP contribution in [-0.2, 0) is 4.79 Å². The molecule has 1 heterocycles. The molecule has 2 rings (SSSR count). The monoisotopic (exact) mass is 435 g/mol. The van der Waals surface area contributed by atoms with Gasteiger partial charge in [-0.1, -0.05) is 17.7 Å². The molecule has 4 N–H and O–H groups in total. The molecule has 1 amide bonds. The highest BCUT2D eigenvalue weighted by atomic mass is 35.5. The van der Waals surface area contributed by atoms with Gasteiger partial charge >= 0.3 is 0 Å². The summed E-state index contributed by atoms with van der Waals surface area (Å²) >= 11 is 6.22. The van der Waals surface area contributed by atoms with Crippen molar-refractivity contribution in [2.45, 2.75) is 37.8 Å². The number of carbonyl (C=O) groups excluding carboxylic acids is 1. The summed E-state index contributed by atoms with van der Waals surface area (Å²) in [7, 11) is 5.64. The fourth-order valence-corrected chi connectivity index (χ4v) is 3.19. The van der Waals surface area contributed by atoms with E-state index in [1.165, 1.54) is 6.20 Å². The molecule has 2 atom stereocenters. The summed E-state index contributed by atoms with van der Waals surface area (Å²) in [6, 6.07) is 0.0431. The molecule has 0 spiro atoms. The molecule has 0 aliphatic heterocycles. The third-order valence-electron chi connectivity index (χ3n) is 4.41. The number of anilines is 1. The zero-order valence-electron chi connectivity index (χ0n) is 17.6. The predicted octanol–water partition coefficient (Wildman–Crippen LogP) is 2.18. The normalized spacial score (nSPS) is 19.6. The van der Waals surface area contributed by atoms with Gasteiger partial charge in [-0.3, -0.25) is 4.79 Å². The number of aromatic nitrogens is 2. The summed E-state index contributed by atoms with van der Waals surface area (Å²) in [5.41, 5.74) is 0.494. The Hall–Kier alpha value is -2.65. The summed E-state index contributed by atoms with van der Waals surface area (Å²) in [6.45, 7) is 0.718. The van der Waals surface area contributed by atoms with Gasteiger partial charge in [-0.05, 0) is 33.4 Å². The number of hydrogen-bond donors (Lipinski definition) is 4. The van der Waals surface area contributed by atoms with Crippen LogP contribution in [0.2, 0.25) is 5.02 Å². The maximum absolute atomic E-state index is 12.1. The average Bonchev–Trinajstić information content (AvgIpc) is 2.70. The van der Waals surface area contributed by atoms with Crippen molar-refractivity contribution in [3.63, 3.8) is 0 Å². The highest BCUT2D eigenvalue weighted by Gasteiger charge is 2.25. The maximum atomic E-state index is 12.1. The van der Waals surface area contributed by atoms with Gasteiger partial charge < -0.3 is 31.0 Å². The van der Waals surface area contributed by atoms with E-state index in [0.29, 0.717) is 17.1 Å². The molecule has 30 heavy (non-hydrogen) atoms. The molecule has 1 saturated carbocycles. The van der Waals surface area contributed by atoms with Crippen molar-refractivity contribution in [1.82, 2.24) is 25.5 Å². The first-order chi connectivity index (χ1) is 14.4. The Morgan fingerprint density at radius 1 is 1.43 bits per heavy atom. The lowest BCUT2D eigenvalue weighted by Crippen LogP contribution is -2.40. The van der Waals surface area contributed by atoms with Gasteiger partial charge in [0.05, 0.1) is 11.9 Å². The van der Waals surface area contributed by atoms with Crippen molar-refractivity contribution in [2.75, 3.05) is 33.0 Å². The van der Waals surface area contributed by atoms with Gasteiger partial charge in [0.15, 0.2) is 0 Å². The minimum absolute atomic E-state index is 0.0431. The average molecular weight is 436 g/mol. The second-order valence-electron chi connectivity index (χ2n) is 7.28. The van der Waals surface area contributed by atoms with Crippen molar-refractivity contribution < 1.29 is 9.53 Å². The molecule has 2 unspecified atom stereocenters. The van der Waals surface area contributed by atoms with E-state index in [1.807, 2.05) is 25.1 Å². The number of carbonyl (C=O) groups is 1. The Balaban J connectivity index is 1.96. The number of allylic oxidation sites excluding steroid dienone is 1. The molecule has 1 aliphatic carbocycles. The van der Waals surface area contributed by atoms with Crippen molar-refractivity contribution in [3.05, 3.63) is 35.3 Å². The Kier molecular flexibility index (Phi) is 9.56. The molecule has 10 heteroatoms. The standard InChI is InChI=1S/C20H30ClN7O2/c1-23-12-15(11-22)26-20-24-13-17(21)19(27-20)30-16-7-4-6-14(10-16)25-18(29)8-5-9-28(2)3/h5,8,11-14,16,22-23H,4,6-7,9-10H2,1-3H3,(H,25,29)(H,24,26,27)/b8-5+,15-12+,22-11?. The molecule has 0 bridgehead atoms. The first-order valence-corrected chi connectivity index (χ1v) is 10.2. The minimum atomic E-state index is -0.106. The molecular weight excluding hydrogens is 406 g/mol. The van der Waals surface area contributed by atoms with Crippen molar-refractivity contribution in [3.8, 4) is 5.88 Å². The first-order valence-electron chi connectivity index (χ1n) is 9.87. The number of hydrogen-bond acceptors (Lipinski definition) is 8. The SMILES string of the molecule is CN/C=C(\C=N)Nc1ncc(Cl)c(OC2CCCC(NC(=O)/C=C/CN(C)C)C2)n1. The van der Waals surface area contributed by atoms with E-state index in [1.54, 1.807) is 19.3 Å². The molecule has 1 aliphatic rings. The summed E-state index contributed by atoms with van der Waals surface area (Å²) in [5.74, 6) is 0.474. The third-order valence-corrected chi connectivity index (χ3v) is 4.67. The van der Waals surface area contributed by atoms with Crippen molar-refractivity contribution in [1.29, 1.82) is 5.41 Å². The van der Waals surface area contributed by atoms with Crippen LogP contribution in [0.5, 0.6) is 5.88 Å². The van der Waals surface area contributed by atoms with Gasteiger partial charge in [-0.15, -0.1) is 0 Å². The lowest BCUT2D eigenvalue weighted by Gasteiger charge is -2.29. The quantitative estimate of drug-likeness (QED) is 0.329. The van der Waals surface area contributed by atoms with Crippen molar-refractivity contribution in [2.24, 2.45) is 0 Å². The van der Waals surface area contributed by atoms with Crippen LogP contribution in [-0.4, -0.2) is 66.8 Å². The number of amides is 1. The van der Waals surface area contributed by atoms with Crippen LogP contribution in [0.1, 0.15) is 25.7 Å². The van der Waals surface area contributed by atoms with E-state index in [0.717, 1.165) is 32.0 Å². The Bertz CT molecular complexity index is 782. The van der Waals surface area contributed by atoms with Gasteiger partial charge in [-0.25, -0.2) is 4.98 Å². The number of nitrogens with zero attached hydrogens (tertiary/aromatic N) is 3. The smallest absolute Gasteiger partial charge is 0.243 e. The van der Waals surface area contributed by atoms with E-state index in [2.05, 4.69) is 25.9 Å². The topological polar surface area (TPSA) is 115 Å². The molecular formula is C20H30ClN7O2. The van der Waals surface area contributed by atoms with Crippen LogP contribution >= 0.6 is 11.6 Å². The Morgan fingerprint density at radius 3 is 2.93 bits per heavy atom. The fourth-order valence-electron chi connectivity index (χ4n) is 3.05. The fraction of sp³-hybridized carbons (Fsp3) is 0.500. The van der Waals surface area contributed by atoms with E-state index in [4.69, 9.17) is 21.7 Å². The van der Waals surface area contributed by atoms with E-state index < -0.39 is 0 Å². The number of rotatable bonds is 10. The van der Waals surface area contributed by atoms with Gasteiger partial charge in [0.25, 0.3) is 0 Å². The highest BCUT2D eigenvalue weighted by molar-refractivity contribution is 6.31. The molecule has 0 saturated heterocycles. The lowest BCUT2D eigenvalue weighted by atomic mass is 9.93. The van der Waals surface area contributed by atoms with Gasteiger partial charge in [0.2, 0.25) is 17.7 Å². The van der Waals surface area contributed by atoms with Crippen LogP contribution < -0.4 is 20.7 Å². The molecule has 1 fully saturated rings. The highest BCUT2D eigenvalue weighted by Crippen LogP contribution is 2.28. The molecule has 164 valence electrons. The zero-order valence-corrected chi connectivity index (χ0v) is 18.4. The van der Waals surface area contributed by atoms with E-state index in [-0.39, 0.29) is 29.9 Å². The molecule has 9 nitrogen and oxygen atoms in total. The number of halogens is 1. The summed E-state index contributed by atoms with van der Waals surface area (Å²) < 4.78 is 6.04. The summed E-state index contributed by atoms with van der Waals surface area (Å²) in [4.78, 5) is 22.5. The van der Waals surface area contributed by atoms with Crippen LogP contribution in [0.3, 0.4) is 0 Å². The molecule has 1 aromatic heterocycles. The van der Waals surface area contributed by atoms with Gasteiger partial charge in [0.1, 0.15) is 11.1 Å². The second-order valence-corrected chi connectivity index (χ2v) is 7.69. The van der Waals surface area contributed by atoms with Crippen LogP contribution in [0.15, 0.2) is 30.2 Å². The number of ether oxygens (including phenoxy) is 1. The van der Waals surface area contributed by atoms with Gasteiger partial charge in [0, 0.05) is 44.5 Å². The van der Waals surface area contributed by atoms with Gasteiger partial charge in [-0.2, -0.15) is 4.98 Å². The maximum Gasteiger partial charge on any atom is 0.243 e. The van der Waals surface area contributed by atoms with Crippen LogP contribution in [0.25, 0.3) is 0 Å². The largest absolute Gasteiger partial charge is 0.473 e. The zero-order chi connectivity index (χ0) is 21.9.